The highest BCUT2D eigenvalue weighted by Crippen LogP contribution is 2.19. The monoisotopic (exact) mass is 288 g/mol. The van der Waals surface area contributed by atoms with Crippen LogP contribution in [0, 0.1) is 6.92 Å². The van der Waals surface area contributed by atoms with E-state index in [9.17, 15) is 4.79 Å². The van der Waals surface area contributed by atoms with Gasteiger partial charge in [0.2, 0.25) is 5.91 Å². The van der Waals surface area contributed by atoms with E-state index in [1.54, 1.807) is 0 Å². The third-order valence-corrected chi connectivity index (χ3v) is 4.59. The molecule has 5 nitrogen and oxygen atoms in total. The second kappa shape index (κ2) is 6.54. The van der Waals surface area contributed by atoms with Gasteiger partial charge < -0.3 is 10.2 Å². The van der Waals surface area contributed by atoms with Gasteiger partial charge in [0, 0.05) is 44.6 Å². The summed E-state index contributed by atoms with van der Waals surface area (Å²) >= 11 is 0. The van der Waals surface area contributed by atoms with Crippen LogP contribution in [0.3, 0.4) is 0 Å². The van der Waals surface area contributed by atoms with E-state index in [0.29, 0.717) is 12.6 Å². The van der Waals surface area contributed by atoms with Crippen LogP contribution in [0.2, 0.25) is 0 Å². The predicted molar refractivity (Wildman–Crippen MR) is 81.9 cm³/mol. The molecule has 2 fully saturated rings. The molecular formula is C16H24N4O. The van der Waals surface area contributed by atoms with Crippen LogP contribution in [0.15, 0.2) is 18.5 Å². The third-order valence-electron chi connectivity index (χ3n) is 4.59. The minimum absolute atomic E-state index is 0.255. The highest BCUT2D eigenvalue weighted by Gasteiger charge is 2.29. The summed E-state index contributed by atoms with van der Waals surface area (Å²) in [6.07, 6.45) is 6.11. The maximum atomic E-state index is 12.0. The van der Waals surface area contributed by atoms with Gasteiger partial charge in [-0.2, -0.15) is 0 Å². The Labute approximate surface area is 126 Å². The first-order valence-electron chi connectivity index (χ1n) is 7.86. The van der Waals surface area contributed by atoms with E-state index >= 15 is 0 Å². The maximum Gasteiger partial charge on any atom is 0.236 e. The second-order valence-electron chi connectivity index (χ2n) is 6.10. The molecule has 0 spiro atoms. The molecule has 1 aromatic rings. The maximum absolute atomic E-state index is 12.0. The summed E-state index contributed by atoms with van der Waals surface area (Å²) < 4.78 is 0. The number of carbonyl (C=O) groups excluding carboxylic acids is 1. The number of aromatic nitrogens is 1. The van der Waals surface area contributed by atoms with Gasteiger partial charge in [0.15, 0.2) is 0 Å². The van der Waals surface area contributed by atoms with E-state index in [1.807, 2.05) is 12.4 Å². The molecule has 21 heavy (non-hydrogen) atoms. The molecule has 1 N–H and O–H groups in total. The molecule has 1 unspecified atom stereocenters. The normalized spacial score (nSPS) is 24.3. The fraction of sp³-hybridized carbons (Fsp3) is 0.625. The summed E-state index contributed by atoms with van der Waals surface area (Å²) in [5.41, 5.74) is 2.59. The topological polar surface area (TPSA) is 48.5 Å². The van der Waals surface area contributed by atoms with Gasteiger partial charge in [-0.15, -0.1) is 0 Å². The number of piperazine rings is 1. The zero-order valence-corrected chi connectivity index (χ0v) is 12.7. The van der Waals surface area contributed by atoms with E-state index in [0.717, 1.165) is 39.1 Å². The molecule has 1 atom stereocenters. The summed E-state index contributed by atoms with van der Waals surface area (Å²) in [6, 6.07) is 2.45. The van der Waals surface area contributed by atoms with Gasteiger partial charge >= 0.3 is 0 Å². The van der Waals surface area contributed by atoms with E-state index < -0.39 is 0 Å². The Morgan fingerprint density at radius 3 is 3.14 bits per heavy atom. The van der Waals surface area contributed by atoms with Crippen molar-refractivity contribution in [2.75, 3.05) is 32.7 Å². The standard InChI is InChI=1S/C16H24N4O/c1-13-4-5-17-9-14(13)11-19-7-2-3-15(12-19)20-8-6-18-10-16(20)21/h4-5,9,15,18H,2-3,6-8,10-12H2,1H3. The SMILES string of the molecule is Cc1ccncc1CN1CCCC(N2CCNCC2=O)C1. The summed E-state index contributed by atoms with van der Waals surface area (Å²) in [5, 5.41) is 3.15. The Morgan fingerprint density at radius 1 is 1.43 bits per heavy atom. The molecule has 0 saturated carbocycles. The van der Waals surface area contributed by atoms with Gasteiger partial charge in [-0.05, 0) is 43.5 Å². The third kappa shape index (κ3) is 3.41. The number of amides is 1. The number of nitrogens with zero attached hydrogens (tertiary/aromatic N) is 3. The van der Waals surface area contributed by atoms with Crippen LogP contribution in [0.1, 0.15) is 24.0 Å². The van der Waals surface area contributed by atoms with Gasteiger partial charge in [0.05, 0.1) is 6.54 Å². The summed E-state index contributed by atoms with van der Waals surface area (Å²) in [6.45, 7) is 7.45. The Kier molecular flexibility index (Phi) is 4.51. The van der Waals surface area contributed by atoms with Crippen molar-refractivity contribution in [2.24, 2.45) is 0 Å². The summed E-state index contributed by atoms with van der Waals surface area (Å²) in [7, 11) is 0. The number of rotatable bonds is 3. The fourth-order valence-corrected chi connectivity index (χ4v) is 3.34. The fourth-order valence-electron chi connectivity index (χ4n) is 3.34. The zero-order valence-electron chi connectivity index (χ0n) is 12.7. The van der Waals surface area contributed by atoms with Crippen molar-refractivity contribution in [1.82, 2.24) is 20.1 Å². The Morgan fingerprint density at radius 2 is 2.33 bits per heavy atom. The minimum Gasteiger partial charge on any atom is -0.336 e. The van der Waals surface area contributed by atoms with Gasteiger partial charge in [0.25, 0.3) is 0 Å². The van der Waals surface area contributed by atoms with Crippen molar-refractivity contribution in [3.8, 4) is 0 Å². The minimum atomic E-state index is 0.255. The number of carbonyl (C=O) groups is 1. The molecule has 0 radical (unpaired) electrons. The van der Waals surface area contributed by atoms with E-state index in [2.05, 4.69) is 33.1 Å². The van der Waals surface area contributed by atoms with E-state index in [4.69, 9.17) is 0 Å². The van der Waals surface area contributed by atoms with Crippen LogP contribution in [-0.2, 0) is 11.3 Å². The molecule has 2 aliphatic rings. The number of hydrogen-bond acceptors (Lipinski definition) is 4. The van der Waals surface area contributed by atoms with Crippen molar-refractivity contribution in [1.29, 1.82) is 0 Å². The van der Waals surface area contributed by atoms with Crippen LogP contribution in [0.5, 0.6) is 0 Å². The van der Waals surface area contributed by atoms with E-state index in [1.165, 1.54) is 17.5 Å². The highest BCUT2D eigenvalue weighted by atomic mass is 16.2. The lowest BCUT2D eigenvalue weighted by atomic mass is 10.0. The second-order valence-corrected chi connectivity index (χ2v) is 6.10. The quantitative estimate of drug-likeness (QED) is 0.893. The van der Waals surface area contributed by atoms with Crippen LogP contribution in [0.25, 0.3) is 0 Å². The van der Waals surface area contributed by atoms with Crippen LogP contribution in [0.4, 0.5) is 0 Å². The molecule has 3 heterocycles. The van der Waals surface area contributed by atoms with Gasteiger partial charge in [-0.25, -0.2) is 0 Å². The zero-order chi connectivity index (χ0) is 14.7. The lowest BCUT2D eigenvalue weighted by molar-refractivity contribution is -0.135. The van der Waals surface area contributed by atoms with Gasteiger partial charge in [0.1, 0.15) is 0 Å². The van der Waals surface area contributed by atoms with Gasteiger partial charge in [-0.1, -0.05) is 0 Å². The van der Waals surface area contributed by atoms with Crippen molar-refractivity contribution in [2.45, 2.75) is 32.4 Å². The highest BCUT2D eigenvalue weighted by molar-refractivity contribution is 5.79. The van der Waals surface area contributed by atoms with Crippen LogP contribution in [-0.4, -0.2) is 59.5 Å². The molecule has 3 rings (SSSR count). The van der Waals surface area contributed by atoms with Crippen molar-refractivity contribution < 1.29 is 4.79 Å². The smallest absolute Gasteiger partial charge is 0.236 e. The number of aryl methyl sites for hydroxylation is 1. The van der Waals surface area contributed by atoms with E-state index in [-0.39, 0.29) is 5.91 Å². The molecule has 5 heteroatoms. The Bertz CT molecular complexity index is 505. The average molecular weight is 288 g/mol. The first-order chi connectivity index (χ1) is 10.2. The van der Waals surface area contributed by atoms with Crippen molar-refractivity contribution in [3.63, 3.8) is 0 Å². The number of nitrogens with one attached hydrogen (secondary N) is 1. The molecule has 2 saturated heterocycles. The summed E-state index contributed by atoms with van der Waals surface area (Å²) in [4.78, 5) is 20.8. The number of piperidine rings is 1. The lowest BCUT2D eigenvalue weighted by Gasteiger charge is -2.41. The molecule has 1 aromatic heterocycles. The lowest BCUT2D eigenvalue weighted by Crippen LogP contribution is -2.56. The average Bonchev–Trinajstić information content (AvgIpc) is 2.50. The predicted octanol–water partition coefficient (Wildman–Crippen LogP) is 0.786. The number of likely N-dealkylation sites (tertiary alicyclic amines) is 1. The molecule has 0 aromatic carbocycles. The largest absolute Gasteiger partial charge is 0.336 e. The Balaban J connectivity index is 1.63. The molecule has 0 bridgehead atoms. The first-order valence-corrected chi connectivity index (χ1v) is 7.86. The molecule has 1 amide bonds. The van der Waals surface area contributed by atoms with Gasteiger partial charge in [-0.3, -0.25) is 14.7 Å². The van der Waals surface area contributed by atoms with Crippen molar-refractivity contribution >= 4 is 5.91 Å². The Hall–Kier alpha value is -1.46. The molecular weight excluding hydrogens is 264 g/mol. The molecule has 2 aliphatic heterocycles. The van der Waals surface area contributed by atoms with Crippen molar-refractivity contribution in [3.05, 3.63) is 29.6 Å². The number of pyridine rings is 1. The molecule has 114 valence electrons. The van der Waals surface area contributed by atoms with Crippen LogP contribution < -0.4 is 5.32 Å². The number of hydrogen-bond donors (Lipinski definition) is 1. The first kappa shape index (κ1) is 14.5. The summed E-state index contributed by atoms with van der Waals surface area (Å²) in [5.74, 6) is 0.255. The molecule has 0 aliphatic carbocycles. The van der Waals surface area contributed by atoms with Crippen LogP contribution >= 0.6 is 0 Å².